The molecule has 1 aliphatic rings. The van der Waals surface area contributed by atoms with Crippen LogP contribution in [0, 0.1) is 5.41 Å². The molecule has 1 unspecified atom stereocenters. The van der Waals surface area contributed by atoms with E-state index in [2.05, 4.69) is 5.32 Å². The Morgan fingerprint density at radius 3 is 2.29 bits per heavy atom. The third-order valence-corrected chi connectivity index (χ3v) is 4.61. The number of aliphatic carboxylic acids is 1. The summed E-state index contributed by atoms with van der Waals surface area (Å²) >= 11 is 0. The number of hydrogen-bond acceptors (Lipinski definition) is 4. The fourth-order valence-electron chi connectivity index (χ4n) is 3.01. The lowest BCUT2D eigenvalue weighted by Gasteiger charge is -2.33. The highest BCUT2D eigenvalue weighted by atomic mass is 16.5. The predicted octanol–water partition coefficient (Wildman–Crippen LogP) is 2.61. The van der Waals surface area contributed by atoms with E-state index >= 15 is 0 Å². The number of carboxylic acids is 1. The van der Waals surface area contributed by atoms with Crippen LogP contribution in [0.1, 0.15) is 39.0 Å². The van der Waals surface area contributed by atoms with Gasteiger partial charge in [0.15, 0.2) is 6.10 Å². The van der Waals surface area contributed by atoms with E-state index in [-0.39, 0.29) is 12.5 Å². The van der Waals surface area contributed by atoms with Gasteiger partial charge in [0.25, 0.3) is 5.91 Å². The van der Waals surface area contributed by atoms with Gasteiger partial charge in [0.2, 0.25) is 0 Å². The molecule has 6 nitrogen and oxygen atoms in total. The molecule has 0 bridgehead atoms. The standard InChI is InChI=1S/C18H25NO5/c1-13(24-15-8-6-14(23-2)7-9-15)16(20)19-12-18(17(21)22)10-4-3-5-11-18/h6-9,13H,3-5,10-12H2,1-2H3,(H,19,20)(H,21,22). The van der Waals surface area contributed by atoms with Crippen LogP contribution in [0.25, 0.3) is 0 Å². The predicted molar refractivity (Wildman–Crippen MR) is 89.2 cm³/mol. The number of benzene rings is 1. The molecule has 0 saturated heterocycles. The maximum Gasteiger partial charge on any atom is 0.311 e. The molecule has 0 aromatic heterocycles. The van der Waals surface area contributed by atoms with Crippen molar-refractivity contribution in [2.45, 2.75) is 45.1 Å². The Morgan fingerprint density at radius 1 is 1.17 bits per heavy atom. The first-order chi connectivity index (χ1) is 11.5. The van der Waals surface area contributed by atoms with E-state index in [0.29, 0.717) is 24.3 Å². The normalized spacial score (nSPS) is 17.6. The SMILES string of the molecule is COc1ccc(OC(C)C(=O)NCC2(C(=O)O)CCCCC2)cc1. The van der Waals surface area contributed by atoms with Gasteiger partial charge in [-0.3, -0.25) is 9.59 Å². The van der Waals surface area contributed by atoms with Crippen molar-refractivity contribution in [1.29, 1.82) is 0 Å². The topological polar surface area (TPSA) is 84.9 Å². The molecule has 6 heteroatoms. The lowest BCUT2D eigenvalue weighted by Crippen LogP contribution is -2.47. The van der Waals surface area contributed by atoms with E-state index in [9.17, 15) is 14.7 Å². The zero-order chi connectivity index (χ0) is 17.6. The van der Waals surface area contributed by atoms with E-state index in [1.807, 2.05) is 0 Å². The van der Waals surface area contributed by atoms with E-state index in [1.165, 1.54) is 0 Å². The first-order valence-electron chi connectivity index (χ1n) is 8.29. The summed E-state index contributed by atoms with van der Waals surface area (Å²) in [6, 6.07) is 6.95. The van der Waals surface area contributed by atoms with Gasteiger partial charge in [-0.15, -0.1) is 0 Å². The van der Waals surface area contributed by atoms with Crippen LogP contribution in [0.2, 0.25) is 0 Å². The number of hydrogen-bond donors (Lipinski definition) is 2. The van der Waals surface area contributed by atoms with E-state index in [4.69, 9.17) is 9.47 Å². The van der Waals surface area contributed by atoms with Crippen LogP contribution in [-0.4, -0.2) is 36.7 Å². The van der Waals surface area contributed by atoms with Gasteiger partial charge in [0.1, 0.15) is 11.5 Å². The van der Waals surface area contributed by atoms with Crippen molar-refractivity contribution in [2.75, 3.05) is 13.7 Å². The average molecular weight is 335 g/mol. The second kappa shape index (κ2) is 8.04. The van der Waals surface area contributed by atoms with Crippen LogP contribution < -0.4 is 14.8 Å². The molecular weight excluding hydrogens is 310 g/mol. The van der Waals surface area contributed by atoms with Crippen LogP contribution in [0.4, 0.5) is 0 Å². The number of ether oxygens (including phenoxy) is 2. The Hall–Kier alpha value is -2.24. The molecule has 2 N–H and O–H groups in total. The minimum Gasteiger partial charge on any atom is -0.497 e. The van der Waals surface area contributed by atoms with Crippen LogP contribution in [0.3, 0.4) is 0 Å². The van der Waals surface area contributed by atoms with Crippen molar-refractivity contribution >= 4 is 11.9 Å². The molecule has 0 heterocycles. The maximum atomic E-state index is 12.2. The number of nitrogens with one attached hydrogen (secondary N) is 1. The minimum absolute atomic E-state index is 0.150. The number of carboxylic acid groups (broad SMARTS) is 1. The van der Waals surface area contributed by atoms with Crippen molar-refractivity contribution < 1.29 is 24.2 Å². The van der Waals surface area contributed by atoms with Gasteiger partial charge in [-0.05, 0) is 44.0 Å². The van der Waals surface area contributed by atoms with Crippen molar-refractivity contribution in [3.8, 4) is 11.5 Å². The van der Waals surface area contributed by atoms with Gasteiger partial charge in [0.05, 0.1) is 12.5 Å². The molecule has 132 valence electrons. The van der Waals surface area contributed by atoms with Crippen LogP contribution >= 0.6 is 0 Å². The van der Waals surface area contributed by atoms with Gasteiger partial charge >= 0.3 is 5.97 Å². The lowest BCUT2D eigenvalue weighted by atomic mass is 9.74. The summed E-state index contributed by atoms with van der Waals surface area (Å²) in [5.74, 6) is 0.132. The Balaban J connectivity index is 1.89. The molecule has 1 aliphatic carbocycles. The molecule has 0 radical (unpaired) electrons. The molecular formula is C18H25NO5. The van der Waals surface area contributed by atoms with Gasteiger partial charge in [-0.25, -0.2) is 0 Å². The molecule has 1 aromatic rings. The van der Waals surface area contributed by atoms with Crippen LogP contribution in [0.15, 0.2) is 24.3 Å². The van der Waals surface area contributed by atoms with E-state index < -0.39 is 17.5 Å². The highest BCUT2D eigenvalue weighted by molar-refractivity contribution is 5.82. The Kier molecular flexibility index (Phi) is 6.06. The van der Waals surface area contributed by atoms with Gasteiger partial charge in [-0.1, -0.05) is 19.3 Å². The molecule has 1 atom stereocenters. The van der Waals surface area contributed by atoms with Crippen molar-refractivity contribution in [1.82, 2.24) is 5.32 Å². The quantitative estimate of drug-likeness (QED) is 0.800. The van der Waals surface area contributed by atoms with Crippen molar-refractivity contribution in [3.63, 3.8) is 0 Å². The average Bonchev–Trinajstić information content (AvgIpc) is 2.61. The largest absolute Gasteiger partial charge is 0.497 e. The molecule has 0 aliphatic heterocycles. The van der Waals surface area contributed by atoms with E-state index in [1.54, 1.807) is 38.3 Å². The third kappa shape index (κ3) is 4.40. The minimum atomic E-state index is -0.840. The monoisotopic (exact) mass is 335 g/mol. The number of carbonyl (C=O) groups excluding carboxylic acids is 1. The molecule has 2 rings (SSSR count). The summed E-state index contributed by atoms with van der Waals surface area (Å²) in [7, 11) is 1.58. The molecule has 1 fully saturated rings. The summed E-state index contributed by atoms with van der Waals surface area (Å²) < 4.78 is 10.7. The second-order valence-corrected chi connectivity index (χ2v) is 6.30. The highest BCUT2D eigenvalue weighted by Gasteiger charge is 2.40. The smallest absolute Gasteiger partial charge is 0.311 e. The highest BCUT2D eigenvalue weighted by Crippen LogP contribution is 2.36. The summed E-state index contributed by atoms with van der Waals surface area (Å²) in [5, 5.41) is 12.3. The second-order valence-electron chi connectivity index (χ2n) is 6.30. The molecule has 1 aromatic carbocycles. The van der Waals surface area contributed by atoms with Gasteiger partial charge in [0, 0.05) is 6.54 Å². The number of methoxy groups -OCH3 is 1. The van der Waals surface area contributed by atoms with E-state index in [0.717, 1.165) is 19.3 Å². The first-order valence-corrected chi connectivity index (χ1v) is 8.29. The summed E-state index contributed by atoms with van der Waals surface area (Å²) in [5.41, 5.74) is -0.840. The number of carbonyl (C=O) groups is 2. The van der Waals surface area contributed by atoms with Crippen molar-refractivity contribution in [3.05, 3.63) is 24.3 Å². The summed E-state index contributed by atoms with van der Waals surface area (Å²) in [6.07, 6.45) is 3.35. The first kappa shape index (κ1) is 18.1. The van der Waals surface area contributed by atoms with Gasteiger partial charge in [-0.2, -0.15) is 0 Å². The third-order valence-electron chi connectivity index (χ3n) is 4.61. The van der Waals surface area contributed by atoms with Crippen molar-refractivity contribution in [2.24, 2.45) is 5.41 Å². The molecule has 24 heavy (non-hydrogen) atoms. The molecule has 1 amide bonds. The van der Waals surface area contributed by atoms with Crippen LogP contribution in [-0.2, 0) is 9.59 Å². The fraction of sp³-hybridized carbons (Fsp3) is 0.556. The zero-order valence-electron chi connectivity index (χ0n) is 14.2. The fourth-order valence-corrected chi connectivity index (χ4v) is 3.01. The Morgan fingerprint density at radius 2 is 1.75 bits per heavy atom. The zero-order valence-corrected chi connectivity index (χ0v) is 14.2. The molecule has 0 spiro atoms. The Labute approximate surface area is 142 Å². The lowest BCUT2D eigenvalue weighted by molar-refractivity contribution is -0.151. The van der Waals surface area contributed by atoms with Crippen LogP contribution in [0.5, 0.6) is 11.5 Å². The number of rotatable bonds is 7. The molecule has 1 saturated carbocycles. The number of amides is 1. The van der Waals surface area contributed by atoms with Gasteiger partial charge < -0.3 is 19.9 Å². The Bertz CT molecular complexity index is 563. The maximum absolute atomic E-state index is 12.2. The summed E-state index contributed by atoms with van der Waals surface area (Å²) in [6.45, 7) is 1.80. The summed E-state index contributed by atoms with van der Waals surface area (Å²) in [4.78, 5) is 23.8.